The Morgan fingerprint density at radius 3 is 2.26 bits per heavy atom. The van der Waals surface area contributed by atoms with Crippen LogP contribution in [0.1, 0.15) is 6.92 Å². The van der Waals surface area contributed by atoms with Gasteiger partial charge in [-0.1, -0.05) is 54.6 Å². The lowest BCUT2D eigenvalue weighted by Gasteiger charge is -2.15. The quantitative estimate of drug-likeness (QED) is 0.378. The fourth-order valence-electron chi connectivity index (χ4n) is 3.47. The number of hydrogen-bond acceptors (Lipinski definition) is 3. The molecular formula is C22H19O4P. The molecule has 1 atom stereocenters. The highest BCUT2D eigenvalue weighted by atomic mass is 31.2. The van der Waals surface area contributed by atoms with Gasteiger partial charge in [0.15, 0.2) is 0 Å². The molecule has 0 heterocycles. The summed E-state index contributed by atoms with van der Waals surface area (Å²) in [5.74, 6) is -0.246. The van der Waals surface area contributed by atoms with Crippen molar-refractivity contribution in [1.29, 1.82) is 0 Å². The van der Waals surface area contributed by atoms with Gasteiger partial charge in [0.1, 0.15) is 11.1 Å². The van der Waals surface area contributed by atoms with Crippen LogP contribution < -0.4 is 5.30 Å². The maximum absolute atomic E-state index is 12.2. The van der Waals surface area contributed by atoms with Crippen LogP contribution in [0, 0.1) is 0 Å². The first-order chi connectivity index (χ1) is 13.0. The second-order valence-electron chi connectivity index (χ2n) is 6.33. The number of benzene rings is 4. The van der Waals surface area contributed by atoms with E-state index in [0.717, 1.165) is 32.7 Å². The van der Waals surface area contributed by atoms with Crippen molar-refractivity contribution in [2.24, 2.45) is 0 Å². The Hall–Kier alpha value is -2.65. The van der Waals surface area contributed by atoms with Gasteiger partial charge in [0, 0.05) is 0 Å². The predicted octanol–water partition coefficient (Wildman–Crippen LogP) is 5.21. The van der Waals surface area contributed by atoms with E-state index in [9.17, 15) is 14.6 Å². The molecule has 0 saturated carbocycles. The SMILES string of the molecule is CCOP(=O)(O)c1ccc(-c2cc3ccccc3c3ccccc23)cc1O. The summed E-state index contributed by atoms with van der Waals surface area (Å²) in [5, 5.41) is 14.7. The van der Waals surface area contributed by atoms with Crippen molar-refractivity contribution in [2.75, 3.05) is 6.61 Å². The number of rotatable bonds is 4. The van der Waals surface area contributed by atoms with Crippen molar-refractivity contribution in [3.8, 4) is 16.9 Å². The van der Waals surface area contributed by atoms with Crippen LogP contribution in [0.3, 0.4) is 0 Å². The largest absolute Gasteiger partial charge is 0.507 e. The highest BCUT2D eigenvalue weighted by Gasteiger charge is 2.26. The van der Waals surface area contributed by atoms with E-state index in [1.54, 1.807) is 13.0 Å². The highest BCUT2D eigenvalue weighted by molar-refractivity contribution is 7.61. The summed E-state index contributed by atoms with van der Waals surface area (Å²) in [6.07, 6.45) is 0. The van der Waals surface area contributed by atoms with Crippen LogP contribution in [0.5, 0.6) is 5.75 Å². The topological polar surface area (TPSA) is 66.8 Å². The molecule has 0 aliphatic carbocycles. The van der Waals surface area contributed by atoms with Crippen LogP contribution >= 0.6 is 7.60 Å². The number of fused-ring (bicyclic) bond motifs is 3. The molecular weight excluding hydrogens is 359 g/mol. The molecule has 1 unspecified atom stereocenters. The summed E-state index contributed by atoms with van der Waals surface area (Å²) in [4.78, 5) is 10.0. The molecule has 27 heavy (non-hydrogen) atoms. The Labute approximate surface area is 157 Å². The predicted molar refractivity (Wildman–Crippen MR) is 110 cm³/mol. The summed E-state index contributed by atoms with van der Waals surface area (Å²) in [6.45, 7) is 1.72. The molecule has 0 aliphatic heterocycles. The van der Waals surface area contributed by atoms with Gasteiger partial charge in [0.05, 0.1) is 6.61 Å². The number of phenols is 1. The Balaban J connectivity index is 1.94. The fraction of sp³-hybridized carbons (Fsp3) is 0.0909. The molecule has 2 N–H and O–H groups in total. The Morgan fingerprint density at radius 2 is 1.56 bits per heavy atom. The van der Waals surface area contributed by atoms with E-state index in [4.69, 9.17) is 4.52 Å². The molecule has 4 rings (SSSR count). The van der Waals surface area contributed by atoms with E-state index >= 15 is 0 Å². The van der Waals surface area contributed by atoms with Gasteiger partial charge in [-0.25, -0.2) is 0 Å². The average molecular weight is 378 g/mol. The van der Waals surface area contributed by atoms with E-state index in [1.807, 2.05) is 30.3 Å². The Bertz CT molecular complexity index is 1200. The molecule has 5 heteroatoms. The van der Waals surface area contributed by atoms with Crippen molar-refractivity contribution in [3.63, 3.8) is 0 Å². The standard InChI is InChI=1S/C22H19O4P/c1-2-26-27(24,25)22-12-11-16(14-21(22)23)20-13-15-7-3-4-8-17(15)18-9-5-6-10-19(18)20/h3-14,23H,2H2,1H3,(H,24,25). The van der Waals surface area contributed by atoms with Gasteiger partial charge < -0.3 is 14.5 Å². The van der Waals surface area contributed by atoms with Gasteiger partial charge in [-0.05, 0) is 57.8 Å². The smallest absolute Gasteiger partial charge is 0.362 e. The molecule has 0 radical (unpaired) electrons. The van der Waals surface area contributed by atoms with Crippen molar-refractivity contribution in [1.82, 2.24) is 0 Å². The van der Waals surface area contributed by atoms with Gasteiger partial charge in [-0.3, -0.25) is 4.57 Å². The average Bonchev–Trinajstić information content (AvgIpc) is 2.67. The van der Waals surface area contributed by atoms with Crippen molar-refractivity contribution in [3.05, 3.63) is 72.8 Å². The summed E-state index contributed by atoms with van der Waals surface area (Å²) in [6, 6.07) is 23.1. The van der Waals surface area contributed by atoms with E-state index in [2.05, 4.69) is 24.3 Å². The zero-order chi connectivity index (χ0) is 19.0. The number of hydrogen-bond donors (Lipinski definition) is 2. The lowest BCUT2D eigenvalue weighted by atomic mass is 9.93. The molecule has 4 aromatic rings. The van der Waals surface area contributed by atoms with Crippen LogP contribution in [-0.4, -0.2) is 16.6 Å². The first kappa shape index (κ1) is 17.7. The van der Waals surface area contributed by atoms with E-state index < -0.39 is 7.60 Å². The molecule has 0 aliphatic rings. The first-order valence-corrected chi connectivity index (χ1v) is 10.3. The van der Waals surface area contributed by atoms with E-state index in [0.29, 0.717) is 0 Å². The molecule has 4 nitrogen and oxygen atoms in total. The second-order valence-corrected chi connectivity index (χ2v) is 8.11. The Morgan fingerprint density at radius 1 is 0.889 bits per heavy atom. The van der Waals surface area contributed by atoms with E-state index in [-0.39, 0.29) is 17.7 Å². The molecule has 0 aromatic heterocycles. The first-order valence-electron chi connectivity index (χ1n) is 8.73. The molecule has 0 bridgehead atoms. The van der Waals surface area contributed by atoms with Crippen LogP contribution in [0.2, 0.25) is 0 Å². The molecule has 4 aromatic carbocycles. The van der Waals surface area contributed by atoms with Crippen LogP contribution in [-0.2, 0) is 9.09 Å². The van der Waals surface area contributed by atoms with Crippen LogP contribution in [0.15, 0.2) is 72.8 Å². The van der Waals surface area contributed by atoms with Gasteiger partial charge >= 0.3 is 7.60 Å². The third-order valence-corrected chi connectivity index (χ3v) is 6.26. The molecule has 136 valence electrons. The van der Waals surface area contributed by atoms with Gasteiger partial charge in [0.2, 0.25) is 0 Å². The lowest BCUT2D eigenvalue weighted by Crippen LogP contribution is -2.07. The van der Waals surface area contributed by atoms with Crippen molar-refractivity contribution in [2.45, 2.75) is 6.92 Å². The highest BCUT2D eigenvalue weighted by Crippen LogP contribution is 2.44. The molecule has 0 amide bonds. The second kappa shape index (κ2) is 6.82. The summed E-state index contributed by atoms with van der Waals surface area (Å²) >= 11 is 0. The minimum absolute atomic E-state index is 0.0850. The zero-order valence-corrected chi connectivity index (χ0v) is 15.7. The normalized spacial score (nSPS) is 13.7. The maximum Gasteiger partial charge on any atom is 0.362 e. The number of phenolic OH excluding ortho intramolecular Hbond substituents is 1. The summed E-state index contributed by atoms with van der Waals surface area (Å²) in [7, 11) is -4.03. The minimum atomic E-state index is -4.03. The third kappa shape index (κ3) is 3.13. The third-order valence-electron chi connectivity index (χ3n) is 4.66. The van der Waals surface area contributed by atoms with Crippen molar-refractivity contribution < 1.29 is 19.1 Å². The molecule has 0 saturated heterocycles. The van der Waals surface area contributed by atoms with E-state index in [1.165, 1.54) is 12.1 Å². The van der Waals surface area contributed by atoms with Crippen LogP contribution in [0.4, 0.5) is 0 Å². The Kier molecular flexibility index (Phi) is 4.48. The molecule has 0 spiro atoms. The minimum Gasteiger partial charge on any atom is -0.507 e. The number of aromatic hydroxyl groups is 1. The van der Waals surface area contributed by atoms with Gasteiger partial charge in [-0.2, -0.15) is 0 Å². The fourth-order valence-corrected chi connectivity index (χ4v) is 4.57. The monoisotopic (exact) mass is 378 g/mol. The molecule has 0 fully saturated rings. The lowest BCUT2D eigenvalue weighted by molar-refractivity contribution is 0.283. The zero-order valence-electron chi connectivity index (χ0n) is 14.8. The van der Waals surface area contributed by atoms with Crippen LogP contribution in [0.25, 0.3) is 32.7 Å². The van der Waals surface area contributed by atoms with Gasteiger partial charge in [-0.15, -0.1) is 0 Å². The summed E-state index contributed by atoms with van der Waals surface area (Å²) < 4.78 is 17.2. The maximum atomic E-state index is 12.2. The van der Waals surface area contributed by atoms with Crippen molar-refractivity contribution >= 4 is 34.4 Å². The summed E-state index contributed by atoms with van der Waals surface area (Å²) in [5.41, 5.74) is 1.73. The van der Waals surface area contributed by atoms with Gasteiger partial charge in [0.25, 0.3) is 0 Å².